The average Bonchev–Trinajstić information content (AvgIpc) is 2.45. The lowest BCUT2D eigenvalue weighted by molar-refractivity contribution is 0.120. The number of rotatable bonds is 9. The van der Waals surface area contributed by atoms with Gasteiger partial charge in [-0.1, -0.05) is 20.8 Å². The van der Waals surface area contributed by atoms with Gasteiger partial charge in [0.1, 0.15) is 5.54 Å². The monoisotopic (exact) mass is 294 g/mol. The highest BCUT2D eigenvalue weighted by Gasteiger charge is 2.22. The Bertz CT molecular complexity index is 315. The first-order chi connectivity index (χ1) is 9.99. The Labute approximate surface area is 131 Å². The summed E-state index contributed by atoms with van der Waals surface area (Å²) in [7, 11) is 0. The Balaban J connectivity index is 2.13. The van der Waals surface area contributed by atoms with Gasteiger partial charge >= 0.3 is 0 Å². The summed E-state index contributed by atoms with van der Waals surface area (Å²) in [5, 5.41) is 12.5. The normalized spacial score (nSPS) is 20.4. The molecule has 21 heavy (non-hydrogen) atoms. The second-order valence-corrected chi connectivity index (χ2v) is 6.97. The fourth-order valence-corrected chi connectivity index (χ4v) is 3.10. The van der Waals surface area contributed by atoms with Crippen LogP contribution in [0.4, 0.5) is 0 Å². The fourth-order valence-electron chi connectivity index (χ4n) is 3.10. The molecule has 0 aromatic heterocycles. The molecule has 0 bridgehead atoms. The second-order valence-electron chi connectivity index (χ2n) is 6.97. The van der Waals surface area contributed by atoms with Crippen molar-refractivity contribution in [3.8, 4) is 6.07 Å². The topological polar surface area (TPSA) is 42.3 Å². The minimum atomic E-state index is -0.343. The predicted octanol–water partition coefficient (Wildman–Crippen LogP) is 2.32. The molecule has 0 aromatic carbocycles. The van der Waals surface area contributed by atoms with E-state index in [-0.39, 0.29) is 5.54 Å². The Morgan fingerprint density at radius 3 is 2.29 bits per heavy atom. The van der Waals surface area contributed by atoms with Crippen LogP contribution in [0.25, 0.3) is 0 Å². The number of hydrogen-bond donors (Lipinski definition) is 1. The molecule has 1 fully saturated rings. The first-order valence-corrected chi connectivity index (χ1v) is 8.60. The summed E-state index contributed by atoms with van der Waals surface area (Å²) in [5.41, 5.74) is -0.343. The summed E-state index contributed by atoms with van der Waals surface area (Å²) in [6.07, 6.45) is 3.28. The molecule has 0 aliphatic carbocycles. The lowest BCUT2D eigenvalue weighted by atomic mass is 9.96. The Hall–Kier alpha value is -0.630. The van der Waals surface area contributed by atoms with E-state index in [1.165, 1.54) is 45.7 Å². The Morgan fingerprint density at radius 2 is 1.76 bits per heavy atom. The lowest BCUT2D eigenvalue weighted by Crippen LogP contribution is -2.47. The van der Waals surface area contributed by atoms with Crippen molar-refractivity contribution in [1.29, 1.82) is 5.26 Å². The standard InChI is InChI=1S/C17H34N4/c1-5-19-17(4,15-18)8-6-7-9-20-10-12-21(13-11-20)14-16(2)3/h16,19H,5-14H2,1-4H3. The van der Waals surface area contributed by atoms with E-state index in [1.807, 2.05) is 6.92 Å². The van der Waals surface area contributed by atoms with Gasteiger partial charge in [-0.05, 0) is 45.2 Å². The van der Waals surface area contributed by atoms with Crippen LogP contribution in [0.1, 0.15) is 47.0 Å². The molecule has 0 spiro atoms. The van der Waals surface area contributed by atoms with Crippen molar-refractivity contribution in [2.24, 2.45) is 5.92 Å². The highest BCUT2D eigenvalue weighted by atomic mass is 15.3. The minimum Gasteiger partial charge on any atom is -0.301 e. The van der Waals surface area contributed by atoms with Crippen LogP contribution in [0.2, 0.25) is 0 Å². The van der Waals surface area contributed by atoms with Gasteiger partial charge in [0.2, 0.25) is 0 Å². The lowest BCUT2D eigenvalue weighted by Gasteiger charge is -2.35. The van der Waals surface area contributed by atoms with E-state index in [0.29, 0.717) is 0 Å². The van der Waals surface area contributed by atoms with Crippen molar-refractivity contribution in [3.05, 3.63) is 0 Å². The molecule has 0 amide bonds. The number of nitriles is 1. The van der Waals surface area contributed by atoms with Crippen LogP contribution in [-0.2, 0) is 0 Å². The van der Waals surface area contributed by atoms with E-state index in [9.17, 15) is 5.26 Å². The predicted molar refractivity (Wildman–Crippen MR) is 89.3 cm³/mol. The van der Waals surface area contributed by atoms with Gasteiger partial charge in [0, 0.05) is 32.7 Å². The van der Waals surface area contributed by atoms with Crippen LogP contribution in [0.3, 0.4) is 0 Å². The van der Waals surface area contributed by atoms with E-state index in [1.54, 1.807) is 0 Å². The van der Waals surface area contributed by atoms with Gasteiger partial charge in [0.25, 0.3) is 0 Å². The summed E-state index contributed by atoms with van der Waals surface area (Å²) >= 11 is 0. The summed E-state index contributed by atoms with van der Waals surface area (Å²) in [5.74, 6) is 0.770. The second kappa shape index (κ2) is 9.40. The van der Waals surface area contributed by atoms with Crippen LogP contribution in [0.15, 0.2) is 0 Å². The summed E-state index contributed by atoms with van der Waals surface area (Å²) in [6, 6.07) is 2.41. The molecule has 4 heteroatoms. The number of unbranched alkanes of at least 4 members (excludes halogenated alkanes) is 1. The van der Waals surface area contributed by atoms with Gasteiger partial charge in [-0.3, -0.25) is 5.32 Å². The minimum absolute atomic E-state index is 0.343. The third kappa shape index (κ3) is 7.26. The Kier molecular flexibility index (Phi) is 8.24. The highest BCUT2D eigenvalue weighted by Crippen LogP contribution is 2.14. The average molecular weight is 294 g/mol. The van der Waals surface area contributed by atoms with Crippen LogP contribution < -0.4 is 5.32 Å². The third-order valence-electron chi connectivity index (χ3n) is 4.30. The zero-order chi connectivity index (χ0) is 15.7. The van der Waals surface area contributed by atoms with Crippen molar-refractivity contribution in [3.63, 3.8) is 0 Å². The summed E-state index contributed by atoms with van der Waals surface area (Å²) in [6.45, 7) is 16.8. The van der Waals surface area contributed by atoms with Crippen molar-refractivity contribution in [2.45, 2.75) is 52.5 Å². The van der Waals surface area contributed by atoms with E-state index in [4.69, 9.17) is 0 Å². The van der Waals surface area contributed by atoms with Crippen LogP contribution in [0, 0.1) is 17.2 Å². The zero-order valence-electron chi connectivity index (χ0n) is 14.5. The summed E-state index contributed by atoms with van der Waals surface area (Å²) < 4.78 is 0. The molecule has 1 rings (SSSR count). The van der Waals surface area contributed by atoms with Crippen LogP contribution in [0.5, 0.6) is 0 Å². The fraction of sp³-hybridized carbons (Fsp3) is 0.941. The first kappa shape index (κ1) is 18.4. The van der Waals surface area contributed by atoms with Gasteiger partial charge in [-0.25, -0.2) is 0 Å². The van der Waals surface area contributed by atoms with Crippen molar-refractivity contribution in [2.75, 3.05) is 45.8 Å². The van der Waals surface area contributed by atoms with Gasteiger partial charge in [0.15, 0.2) is 0 Å². The van der Waals surface area contributed by atoms with Crippen LogP contribution in [-0.4, -0.2) is 61.2 Å². The molecule has 1 atom stereocenters. The van der Waals surface area contributed by atoms with E-state index in [0.717, 1.165) is 25.3 Å². The quantitative estimate of drug-likeness (QED) is 0.663. The molecule has 0 aromatic rings. The zero-order valence-corrected chi connectivity index (χ0v) is 14.5. The number of hydrogen-bond acceptors (Lipinski definition) is 4. The van der Waals surface area contributed by atoms with Crippen molar-refractivity contribution in [1.82, 2.24) is 15.1 Å². The molecule has 4 nitrogen and oxygen atoms in total. The van der Waals surface area contributed by atoms with Gasteiger partial charge in [-0.15, -0.1) is 0 Å². The molecule has 1 N–H and O–H groups in total. The highest BCUT2D eigenvalue weighted by molar-refractivity contribution is 5.03. The maximum Gasteiger partial charge on any atom is 0.103 e. The number of nitrogens with zero attached hydrogens (tertiary/aromatic N) is 3. The number of nitrogens with one attached hydrogen (secondary N) is 1. The largest absolute Gasteiger partial charge is 0.301 e. The Morgan fingerprint density at radius 1 is 1.14 bits per heavy atom. The molecule has 1 unspecified atom stereocenters. The van der Waals surface area contributed by atoms with Crippen molar-refractivity contribution >= 4 is 0 Å². The maximum absolute atomic E-state index is 9.24. The third-order valence-corrected chi connectivity index (χ3v) is 4.30. The molecule has 122 valence electrons. The van der Waals surface area contributed by atoms with Gasteiger partial charge in [-0.2, -0.15) is 5.26 Å². The van der Waals surface area contributed by atoms with Gasteiger partial charge in [0.05, 0.1) is 6.07 Å². The molecular weight excluding hydrogens is 260 g/mol. The van der Waals surface area contributed by atoms with E-state index >= 15 is 0 Å². The first-order valence-electron chi connectivity index (χ1n) is 8.60. The molecule has 1 heterocycles. The number of piperazine rings is 1. The molecule has 0 radical (unpaired) electrons. The maximum atomic E-state index is 9.24. The molecule has 0 saturated carbocycles. The molecule has 1 saturated heterocycles. The SMILES string of the molecule is CCNC(C)(C#N)CCCCN1CCN(CC(C)C)CC1. The summed E-state index contributed by atoms with van der Waals surface area (Å²) in [4.78, 5) is 5.16. The van der Waals surface area contributed by atoms with Crippen LogP contribution >= 0.6 is 0 Å². The van der Waals surface area contributed by atoms with Gasteiger partial charge < -0.3 is 9.80 Å². The molecule has 1 aliphatic rings. The molecule has 1 aliphatic heterocycles. The molecular formula is C17H34N4. The van der Waals surface area contributed by atoms with Crippen molar-refractivity contribution < 1.29 is 0 Å². The van der Waals surface area contributed by atoms with E-state index in [2.05, 4.69) is 42.0 Å². The van der Waals surface area contributed by atoms with E-state index < -0.39 is 0 Å². The smallest absolute Gasteiger partial charge is 0.103 e.